The van der Waals surface area contributed by atoms with Gasteiger partial charge in [-0.15, -0.1) is 0 Å². The highest BCUT2D eigenvalue weighted by Gasteiger charge is 2.13. The number of hydrogen-bond acceptors (Lipinski definition) is 0. The predicted molar refractivity (Wildman–Crippen MR) is 90.4 cm³/mol. The molecule has 0 aliphatic carbocycles. The zero-order valence-electron chi connectivity index (χ0n) is 10.9. The molecule has 100 valence electrons. The van der Waals surface area contributed by atoms with Crippen molar-refractivity contribution in [2.75, 3.05) is 0 Å². The molecular weight excluding hydrogens is 418 g/mol. The van der Waals surface area contributed by atoms with E-state index in [2.05, 4.69) is 70.6 Å². The number of rotatable bonds is 3. The predicted octanol–water partition coefficient (Wildman–Crippen LogP) is 5.73. The molecule has 0 radical (unpaired) electrons. The third-order valence-corrected chi connectivity index (χ3v) is 4.95. The fraction of sp³-hybridized carbons (Fsp3) is 0.250. The van der Waals surface area contributed by atoms with Crippen molar-refractivity contribution in [2.45, 2.75) is 25.1 Å². The van der Waals surface area contributed by atoms with Gasteiger partial charge in [0.2, 0.25) is 0 Å². The molecule has 0 nitrogen and oxygen atoms in total. The van der Waals surface area contributed by atoms with E-state index in [4.69, 9.17) is 0 Å². The molecule has 3 heteroatoms. The third-order valence-electron chi connectivity index (χ3n) is 3.20. The Labute approximate surface area is 135 Å². The lowest BCUT2D eigenvalue weighted by Gasteiger charge is -2.14. The first-order valence-electron chi connectivity index (χ1n) is 6.12. The van der Waals surface area contributed by atoms with Gasteiger partial charge < -0.3 is 0 Å². The average Bonchev–Trinajstić information content (AvgIpc) is 2.33. The van der Waals surface area contributed by atoms with Crippen LogP contribution in [0.3, 0.4) is 0 Å². The van der Waals surface area contributed by atoms with Gasteiger partial charge in [0.05, 0.1) is 0 Å². The third kappa shape index (κ3) is 3.78. The SMILES string of the molecule is Cc1ccc(C)c(CC(Br)c2ccc(F)cc2I)c1. The van der Waals surface area contributed by atoms with E-state index in [9.17, 15) is 4.39 Å². The Morgan fingerprint density at radius 2 is 1.89 bits per heavy atom. The Balaban J connectivity index is 2.25. The molecule has 0 heterocycles. The molecule has 0 amide bonds. The minimum Gasteiger partial charge on any atom is -0.207 e. The molecule has 0 aromatic heterocycles. The van der Waals surface area contributed by atoms with Gasteiger partial charge in [-0.2, -0.15) is 0 Å². The van der Waals surface area contributed by atoms with Crippen molar-refractivity contribution in [1.29, 1.82) is 0 Å². The maximum absolute atomic E-state index is 13.1. The summed E-state index contributed by atoms with van der Waals surface area (Å²) in [7, 11) is 0. The van der Waals surface area contributed by atoms with Gasteiger partial charge in [-0.3, -0.25) is 0 Å². The Bertz CT molecular complexity index is 595. The summed E-state index contributed by atoms with van der Waals surface area (Å²) in [5.74, 6) is -0.181. The van der Waals surface area contributed by atoms with E-state index in [-0.39, 0.29) is 10.6 Å². The van der Waals surface area contributed by atoms with Gasteiger partial charge in [-0.25, -0.2) is 4.39 Å². The molecule has 0 saturated carbocycles. The van der Waals surface area contributed by atoms with Gasteiger partial charge >= 0.3 is 0 Å². The molecule has 19 heavy (non-hydrogen) atoms. The van der Waals surface area contributed by atoms with Crippen molar-refractivity contribution >= 4 is 38.5 Å². The second-order valence-electron chi connectivity index (χ2n) is 4.77. The lowest BCUT2D eigenvalue weighted by Crippen LogP contribution is -2.00. The first-order chi connectivity index (χ1) is 8.97. The Hall–Kier alpha value is -0.420. The highest BCUT2D eigenvalue weighted by atomic mass is 127. The highest BCUT2D eigenvalue weighted by molar-refractivity contribution is 14.1. The monoisotopic (exact) mass is 432 g/mol. The van der Waals surface area contributed by atoms with E-state index in [0.717, 1.165) is 15.6 Å². The van der Waals surface area contributed by atoms with Crippen molar-refractivity contribution < 1.29 is 4.39 Å². The van der Waals surface area contributed by atoms with Gasteiger partial charge in [0, 0.05) is 8.40 Å². The summed E-state index contributed by atoms with van der Waals surface area (Å²) in [6, 6.07) is 11.5. The van der Waals surface area contributed by atoms with Crippen molar-refractivity contribution in [2.24, 2.45) is 0 Å². The fourth-order valence-corrected chi connectivity index (χ4v) is 4.11. The van der Waals surface area contributed by atoms with Crippen LogP contribution in [-0.2, 0) is 6.42 Å². The molecular formula is C16H15BrFI. The van der Waals surface area contributed by atoms with Crippen molar-refractivity contribution in [3.8, 4) is 0 Å². The minimum atomic E-state index is -0.181. The molecule has 0 aliphatic rings. The summed E-state index contributed by atoms with van der Waals surface area (Å²) in [5.41, 5.74) is 5.05. The second kappa shape index (κ2) is 6.35. The maximum atomic E-state index is 13.1. The number of aryl methyl sites for hydroxylation is 2. The molecule has 0 N–H and O–H groups in total. The van der Waals surface area contributed by atoms with Gasteiger partial charge in [-0.1, -0.05) is 45.8 Å². The quantitative estimate of drug-likeness (QED) is 0.429. The average molecular weight is 433 g/mol. The van der Waals surface area contributed by atoms with Crippen LogP contribution in [0.4, 0.5) is 4.39 Å². The number of alkyl halides is 1. The van der Waals surface area contributed by atoms with Crippen LogP contribution >= 0.6 is 38.5 Å². The second-order valence-corrected chi connectivity index (χ2v) is 7.03. The van der Waals surface area contributed by atoms with Gasteiger partial charge in [-0.05, 0) is 71.7 Å². The summed E-state index contributed by atoms with van der Waals surface area (Å²) in [6.07, 6.45) is 0.912. The molecule has 1 atom stereocenters. The zero-order chi connectivity index (χ0) is 14.0. The minimum absolute atomic E-state index is 0.181. The Kier molecular flexibility index (Phi) is 5.01. The molecule has 0 saturated heterocycles. The summed E-state index contributed by atoms with van der Waals surface area (Å²) in [4.78, 5) is 0.209. The fourth-order valence-electron chi connectivity index (χ4n) is 2.08. The first kappa shape index (κ1) is 15.0. The molecule has 2 aromatic carbocycles. The molecule has 0 aliphatic heterocycles. The summed E-state index contributed by atoms with van der Waals surface area (Å²) >= 11 is 5.92. The topological polar surface area (TPSA) is 0 Å². The van der Waals surface area contributed by atoms with Crippen LogP contribution in [0.5, 0.6) is 0 Å². The lowest BCUT2D eigenvalue weighted by molar-refractivity contribution is 0.625. The van der Waals surface area contributed by atoms with E-state index in [0.29, 0.717) is 0 Å². The van der Waals surface area contributed by atoms with Crippen LogP contribution in [0.1, 0.15) is 27.1 Å². The molecule has 0 spiro atoms. The van der Waals surface area contributed by atoms with E-state index < -0.39 is 0 Å². The number of halogens is 3. The number of benzene rings is 2. The van der Waals surface area contributed by atoms with Gasteiger partial charge in [0.15, 0.2) is 0 Å². The maximum Gasteiger partial charge on any atom is 0.124 e. The van der Waals surface area contributed by atoms with Crippen LogP contribution in [0.2, 0.25) is 0 Å². The molecule has 1 unspecified atom stereocenters. The number of hydrogen-bond donors (Lipinski definition) is 0. The van der Waals surface area contributed by atoms with Gasteiger partial charge in [0.1, 0.15) is 5.82 Å². The van der Waals surface area contributed by atoms with Crippen LogP contribution in [0.15, 0.2) is 36.4 Å². The van der Waals surface area contributed by atoms with E-state index in [1.807, 2.05) is 6.07 Å². The zero-order valence-corrected chi connectivity index (χ0v) is 14.6. The molecule has 2 rings (SSSR count). The van der Waals surface area contributed by atoms with E-state index >= 15 is 0 Å². The van der Waals surface area contributed by atoms with Crippen LogP contribution < -0.4 is 0 Å². The lowest BCUT2D eigenvalue weighted by atomic mass is 9.99. The normalized spacial score (nSPS) is 12.5. The summed E-state index contributed by atoms with van der Waals surface area (Å²) in [5, 5.41) is 0. The van der Waals surface area contributed by atoms with E-state index in [1.165, 1.54) is 22.8 Å². The standard InChI is InChI=1S/C16H15BrFI/c1-10-3-4-11(2)12(7-10)8-15(17)14-6-5-13(18)9-16(14)19/h3-7,9,15H,8H2,1-2H3. The Morgan fingerprint density at radius 3 is 2.58 bits per heavy atom. The smallest absolute Gasteiger partial charge is 0.124 e. The van der Waals surface area contributed by atoms with Crippen molar-refractivity contribution in [3.05, 3.63) is 68.0 Å². The van der Waals surface area contributed by atoms with Gasteiger partial charge in [0.25, 0.3) is 0 Å². The molecule has 2 aromatic rings. The van der Waals surface area contributed by atoms with Crippen LogP contribution in [0, 0.1) is 23.2 Å². The van der Waals surface area contributed by atoms with Crippen molar-refractivity contribution in [1.82, 2.24) is 0 Å². The van der Waals surface area contributed by atoms with Crippen LogP contribution in [-0.4, -0.2) is 0 Å². The highest BCUT2D eigenvalue weighted by Crippen LogP contribution is 2.32. The first-order valence-corrected chi connectivity index (χ1v) is 8.12. The summed E-state index contributed by atoms with van der Waals surface area (Å²) < 4.78 is 14.1. The molecule has 0 bridgehead atoms. The van der Waals surface area contributed by atoms with E-state index in [1.54, 1.807) is 6.07 Å². The van der Waals surface area contributed by atoms with Crippen molar-refractivity contribution in [3.63, 3.8) is 0 Å². The van der Waals surface area contributed by atoms with Crippen LogP contribution in [0.25, 0.3) is 0 Å². The largest absolute Gasteiger partial charge is 0.207 e. The molecule has 0 fully saturated rings. The summed E-state index contributed by atoms with van der Waals surface area (Å²) in [6.45, 7) is 4.23. The Morgan fingerprint density at radius 1 is 1.16 bits per heavy atom.